The number of rotatable bonds is 6. The second kappa shape index (κ2) is 16.0. The number of nitrogens with two attached hydrogens (primary N) is 1. The van der Waals surface area contributed by atoms with Crippen molar-refractivity contribution in [1.82, 2.24) is 16.0 Å². The van der Waals surface area contributed by atoms with Crippen molar-refractivity contribution < 1.29 is 23.9 Å². The lowest BCUT2D eigenvalue weighted by atomic mass is 10.1. The molecule has 9 heteroatoms. The predicted molar refractivity (Wildman–Crippen MR) is 128 cm³/mol. The standard InChI is InChI=1S/C12H16N2O2.C9H9NO3.C3H9N/c1-8(2)14-12(16)10-6-4-9(5-7-10)11(15)13-3;1-10-9(12)7-2-4-8(5-3-7)13-6-11;1-3(2)4/h4-8H,1-3H3,(H,13,15)(H,14,16);2-6H,1H3,(H,10,12);3H,4H2,1-2H3. The maximum atomic E-state index is 11.6. The predicted octanol–water partition coefficient (Wildman–Crippen LogP) is 2.12. The molecule has 2 rings (SSSR count). The van der Waals surface area contributed by atoms with Crippen LogP contribution >= 0.6 is 0 Å². The third-order valence-electron chi connectivity index (χ3n) is 3.58. The smallest absolute Gasteiger partial charge is 0.298 e. The maximum absolute atomic E-state index is 11.6. The second-order valence-electron chi connectivity index (χ2n) is 7.35. The number of amides is 3. The summed E-state index contributed by atoms with van der Waals surface area (Å²) in [5.41, 5.74) is 6.74. The van der Waals surface area contributed by atoms with Gasteiger partial charge >= 0.3 is 0 Å². The largest absolute Gasteiger partial charge is 0.429 e. The van der Waals surface area contributed by atoms with Gasteiger partial charge in [0.15, 0.2) is 0 Å². The van der Waals surface area contributed by atoms with Gasteiger partial charge in [-0.2, -0.15) is 0 Å². The molecule has 0 atom stereocenters. The molecule has 0 aliphatic heterocycles. The molecule has 2 aromatic carbocycles. The number of ether oxygens (including phenoxy) is 1. The van der Waals surface area contributed by atoms with Crippen LogP contribution in [0.25, 0.3) is 0 Å². The lowest BCUT2D eigenvalue weighted by molar-refractivity contribution is -0.120. The van der Waals surface area contributed by atoms with Gasteiger partial charge in [0.1, 0.15) is 5.75 Å². The van der Waals surface area contributed by atoms with Gasteiger partial charge in [-0.1, -0.05) is 13.8 Å². The number of hydrogen-bond donors (Lipinski definition) is 4. The molecular weight excluding hydrogens is 424 g/mol. The van der Waals surface area contributed by atoms with E-state index in [0.717, 1.165) is 0 Å². The average Bonchev–Trinajstić information content (AvgIpc) is 2.78. The molecule has 5 N–H and O–H groups in total. The van der Waals surface area contributed by atoms with Gasteiger partial charge in [0.2, 0.25) is 0 Å². The van der Waals surface area contributed by atoms with E-state index in [9.17, 15) is 19.2 Å². The van der Waals surface area contributed by atoms with Crippen LogP contribution in [0.3, 0.4) is 0 Å². The molecule has 0 bridgehead atoms. The van der Waals surface area contributed by atoms with E-state index in [1.165, 1.54) is 0 Å². The number of nitrogens with one attached hydrogen (secondary N) is 3. The fourth-order valence-corrected chi connectivity index (χ4v) is 2.15. The van der Waals surface area contributed by atoms with E-state index in [1.54, 1.807) is 62.6 Å². The van der Waals surface area contributed by atoms with Gasteiger partial charge in [-0.3, -0.25) is 19.2 Å². The summed E-state index contributed by atoms with van der Waals surface area (Å²) < 4.78 is 4.56. The number of benzene rings is 2. The van der Waals surface area contributed by atoms with Crippen LogP contribution in [0.2, 0.25) is 0 Å². The van der Waals surface area contributed by atoms with Crippen LogP contribution in [0.15, 0.2) is 48.5 Å². The Morgan fingerprint density at radius 2 is 1.09 bits per heavy atom. The Balaban J connectivity index is 0.000000542. The molecule has 0 saturated carbocycles. The van der Waals surface area contributed by atoms with Crippen molar-refractivity contribution in [1.29, 1.82) is 0 Å². The quantitative estimate of drug-likeness (QED) is 0.489. The van der Waals surface area contributed by atoms with Crippen molar-refractivity contribution in [3.05, 3.63) is 65.2 Å². The fraction of sp³-hybridized carbons (Fsp3) is 0.333. The first-order chi connectivity index (χ1) is 15.5. The van der Waals surface area contributed by atoms with E-state index >= 15 is 0 Å². The molecule has 33 heavy (non-hydrogen) atoms. The van der Waals surface area contributed by atoms with Gasteiger partial charge < -0.3 is 26.4 Å². The van der Waals surface area contributed by atoms with Crippen molar-refractivity contribution in [3.8, 4) is 5.75 Å². The monoisotopic (exact) mass is 458 g/mol. The molecule has 0 aliphatic rings. The fourth-order valence-electron chi connectivity index (χ4n) is 2.15. The Morgan fingerprint density at radius 3 is 1.39 bits per heavy atom. The molecule has 0 radical (unpaired) electrons. The molecule has 2 aromatic rings. The van der Waals surface area contributed by atoms with E-state index in [0.29, 0.717) is 35.0 Å². The minimum absolute atomic E-state index is 0.103. The topological polar surface area (TPSA) is 140 Å². The zero-order chi connectivity index (χ0) is 25.4. The summed E-state index contributed by atoms with van der Waals surface area (Å²) >= 11 is 0. The summed E-state index contributed by atoms with van der Waals surface area (Å²) in [5.74, 6) is -0.0328. The molecule has 0 saturated heterocycles. The van der Waals surface area contributed by atoms with E-state index in [4.69, 9.17) is 5.73 Å². The van der Waals surface area contributed by atoms with Crippen LogP contribution in [0.5, 0.6) is 5.75 Å². The number of carbonyl (C=O) groups is 4. The highest BCUT2D eigenvalue weighted by atomic mass is 16.5. The summed E-state index contributed by atoms with van der Waals surface area (Å²) in [5, 5.41) is 7.79. The van der Waals surface area contributed by atoms with Gasteiger partial charge in [-0.05, 0) is 68.4 Å². The third-order valence-corrected chi connectivity index (χ3v) is 3.58. The van der Waals surface area contributed by atoms with Gasteiger partial charge in [-0.15, -0.1) is 0 Å². The minimum Gasteiger partial charge on any atom is -0.429 e. The van der Waals surface area contributed by atoms with Crippen molar-refractivity contribution >= 4 is 24.2 Å². The molecule has 180 valence electrons. The summed E-state index contributed by atoms with van der Waals surface area (Å²) in [4.78, 5) is 43.9. The van der Waals surface area contributed by atoms with Gasteiger partial charge in [0.05, 0.1) is 0 Å². The first kappa shape index (κ1) is 29.3. The van der Waals surface area contributed by atoms with Crippen LogP contribution in [0.4, 0.5) is 0 Å². The summed E-state index contributed by atoms with van der Waals surface area (Å²) in [7, 11) is 3.12. The molecule has 0 unspecified atom stereocenters. The number of carbonyl (C=O) groups excluding carboxylic acids is 4. The zero-order valence-electron chi connectivity index (χ0n) is 20.0. The van der Waals surface area contributed by atoms with Gasteiger partial charge in [0.25, 0.3) is 24.2 Å². The van der Waals surface area contributed by atoms with Crippen molar-refractivity contribution in [3.63, 3.8) is 0 Å². The van der Waals surface area contributed by atoms with Crippen LogP contribution < -0.4 is 26.4 Å². The Morgan fingerprint density at radius 1 is 0.758 bits per heavy atom. The highest BCUT2D eigenvalue weighted by Crippen LogP contribution is 2.11. The van der Waals surface area contributed by atoms with Crippen LogP contribution in [-0.4, -0.2) is 50.4 Å². The van der Waals surface area contributed by atoms with Gasteiger partial charge in [-0.25, -0.2) is 0 Å². The SMILES string of the molecule is CC(C)N.CNC(=O)c1ccc(C(=O)NC(C)C)cc1.CNC(=O)c1ccc(OC=O)cc1. The Kier molecular flexibility index (Phi) is 14.2. The van der Waals surface area contributed by atoms with E-state index in [2.05, 4.69) is 20.7 Å². The molecular formula is C24H34N4O5. The van der Waals surface area contributed by atoms with Crippen LogP contribution in [-0.2, 0) is 4.79 Å². The highest BCUT2D eigenvalue weighted by Gasteiger charge is 2.08. The van der Waals surface area contributed by atoms with E-state index in [-0.39, 0.29) is 23.8 Å². The molecule has 9 nitrogen and oxygen atoms in total. The molecule has 0 heterocycles. The molecule has 0 aromatic heterocycles. The number of hydrogen-bond acceptors (Lipinski definition) is 6. The molecule has 0 spiro atoms. The summed E-state index contributed by atoms with van der Waals surface area (Å²) in [6, 6.07) is 13.3. The average molecular weight is 459 g/mol. The Bertz CT molecular complexity index is 876. The highest BCUT2D eigenvalue weighted by molar-refractivity contribution is 5.97. The van der Waals surface area contributed by atoms with Crippen LogP contribution in [0.1, 0.15) is 58.8 Å². The first-order valence-electron chi connectivity index (χ1n) is 10.4. The summed E-state index contributed by atoms with van der Waals surface area (Å²) in [6.07, 6.45) is 0. The maximum Gasteiger partial charge on any atom is 0.298 e. The minimum atomic E-state index is -0.169. The van der Waals surface area contributed by atoms with Crippen molar-refractivity contribution in [2.24, 2.45) is 5.73 Å². The lowest BCUT2D eigenvalue weighted by Gasteiger charge is -2.08. The summed E-state index contributed by atoms with van der Waals surface area (Å²) in [6.45, 7) is 8.03. The first-order valence-corrected chi connectivity index (χ1v) is 10.4. The zero-order valence-corrected chi connectivity index (χ0v) is 20.0. The van der Waals surface area contributed by atoms with Crippen LogP contribution in [0, 0.1) is 0 Å². The second-order valence-corrected chi connectivity index (χ2v) is 7.35. The third kappa shape index (κ3) is 12.7. The van der Waals surface area contributed by atoms with E-state index in [1.807, 2.05) is 27.7 Å². The molecule has 0 fully saturated rings. The van der Waals surface area contributed by atoms with E-state index < -0.39 is 0 Å². The Labute approximate surface area is 195 Å². The van der Waals surface area contributed by atoms with Crippen molar-refractivity contribution in [2.75, 3.05) is 14.1 Å². The normalized spacial score (nSPS) is 9.48. The molecule has 0 aliphatic carbocycles. The van der Waals surface area contributed by atoms with Gasteiger partial charge in [0, 0.05) is 36.8 Å². The molecule has 3 amide bonds. The lowest BCUT2D eigenvalue weighted by Crippen LogP contribution is -2.30. The Hall–Kier alpha value is -3.72. The van der Waals surface area contributed by atoms with Crippen molar-refractivity contribution in [2.45, 2.75) is 39.8 Å².